The van der Waals surface area contributed by atoms with E-state index in [0.717, 1.165) is 90.1 Å². The molecule has 9 rings (SSSR count). The minimum atomic E-state index is 0.857. The molecule has 2 aromatic heterocycles. The average molecular weight is 619 g/mol. The molecule has 9 aromatic rings. The number of hydrogen-bond donors (Lipinski definition) is 0. The van der Waals surface area contributed by atoms with Gasteiger partial charge in [0.1, 0.15) is 22.3 Å². The highest BCUT2D eigenvalue weighted by molar-refractivity contribution is 6.19. The zero-order chi connectivity index (χ0) is 32.2. The van der Waals surface area contributed by atoms with Gasteiger partial charge in [0.2, 0.25) is 0 Å². The molecular weight excluding hydrogens is 585 g/mol. The number of benzene rings is 7. The second kappa shape index (κ2) is 11.4. The van der Waals surface area contributed by atoms with E-state index < -0.39 is 0 Å². The largest absolute Gasteiger partial charge is 0.455 e. The van der Waals surface area contributed by atoms with Crippen LogP contribution in [0.2, 0.25) is 0 Å². The lowest BCUT2D eigenvalue weighted by Crippen LogP contribution is -1.85. The quantitative estimate of drug-likeness (QED) is 0.185. The molecule has 0 aliphatic carbocycles. The predicted molar refractivity (Wildman–Crippen MR) is 201 cm³/mol. The van der Waals surface area contributed by atoms with Crippen LogP contribution >= 0.6 is 0 Å². The Morgan fingerprint density at radius 1 is 0.354 bits per heavy atom. The lowest BCUT2D eigenvalue weighted by Gasteiger charge is -2.09. The van der Waals surface area contributed by atoms with Crippen LogP contribution in [0.4, 0.5) is 0 Å². The smallest absolute Gasteiger partial charge is 0.143 e. The first kappa shape index (κ1) is 28.4. The summed E-state index contributed by atoms with van der Waals surface area (Å²) in [6, 6.07) is 52.4. The molecule has 2 heterocycles. The average Bonchev–Trinajstić information content (AvgIpc) is 3.71. The number of fused-ring (bicyclic) bond motifs is 6. The third kappa shape index (κ3) is 4.72. The number of furan rings is 2. The van der Waals surface area contributed by atoms with Gasteiger partial charge >= 0.3 is 0 Å². The summed E-state index contributed by atoms with van der Waals surface area (Å²) in [6.45, 7) is 4.38. The summed E-state index contributed by atoms with van der Waals surface area (Å²) in [5.74, 6) is 0. The van der Waals surface area contributed by atoms with Crippen LogP contribution in [-0.4, -0.2) is 0 Å². The Morgan fingerprint density at radius 3 is 1.12 bits per heavy atom. The van der Waals surface area contributed by atoms with E-state index in [0.29, 0.717) is 0 Å². The van der Waals surface area contributed by atoms with Crippen molar-refractivity contribution in [3.8, 4) is 44.5 Å². The third-order valence-electron chi connectivity index (χ3n) is 9.82. The lowest BCUT2D eigenvalue weighted by atomic mass is 9.94. The Labute approximate surface area is 279 Å². The van der Waals surface area contributed by atoms with Crippen LogP contribution in [0.15, 0.2) is 154 Å². The van der Waals surface area contributed by atoms with Crippen molar-refractivity contribution in [1.29, 1.82) is 0 Å². The molecule has 0 aliphatic rings. The standard InChI is InChI=1S/C46H34O2/c1-3-29-15-19-33(20-16-29)37-23-35(31-11-7-5-8-12-31)25-41-39-27-44-40(28-43(39)47-45(37)41)42-26-36(32-13-9-6-10-14-32)24-38(46(42)48-44)34-21-17-30(4-2)18-22-34/h5-28H,3-4H2,1-2H3. The van der Waals surface area contributed by atoms with Crippen molar-refractivity contribution < 1.29 is 8.83 Å². The summed E-state index contributed by atoms with van der Waals surface area (Å²) in [5.41, 5.74) is 15.3. The Bertz CT molecular complexity index is 2400. The van der Waals surface area contributed by atoms with Gasteiger partial charge in [-0.2, -0.15) is 0 Å². The van der Waals surface area contributed by atoms with Crippen molar-refractivity contribution in [2.45, 2.75) is 26.7 Å². The minimum absolute atomic E-state index is 0.857. The maximum Gasteiger partial charge on any atom is 0.143 e. The van der Waals surface area contributed by atoms with Crippen LogP contribution in [0.3, 0.4) is 0 Å². The van der Waals surface area contributed by atoms with Gasteiger partial charge in [0.25, 0.3) is 0 Å². The van der Waals surface area contributed by atoms with E-state index in [2.05, 4.69) is 159 Å². The van der Waals surface area contributed by atoms with Crippen molar-refractivity contribution in [1.82, 2.24) is 0 Å². The van der Waals surface area contributed by atoms with E-state index in [1.807, 2.05) is 0 Å². The van der Waals surface area contributed by atoms with Crippen LogP contribution in [-0.2, 0) is 12.8 Å². The molecule has 0 saturated carbocycles. The molecule has 0 radical (unpaired) electrons. The van der Waals surface area contributed by atoms with Crippen molar-refractivity contribution in [2.24, 2.45) is 0 Å². The first-order valence-electron chi connectivity index (χ1n) is 16.9. The first-order chi connectivity index (χ1) is 23.7. The number of aryl methyl sites for hydroxylation is 2. The summed E-state index contributed by atoms with van der Waals surface area (Å²) in [7, 11) is 0. The fraction of sp³-hybridized carbons (Fsp3) is 0.0870. The molecule has 2 heteroatoms. The Morgan fingerprint density at radius 2 is 0.750 bits per heavy atom. The Kier molecular flexibility index (Phi) is 6.76. The van der Waals surface area contributed by atoms with Gasteiger partial charge in [0.15, 0.2) is 0 Å². The van der Waals surface area contributed by atoms with E-state index in [1.165, 1.54) is 22.3 Å². The Hall–Kier alpha value is -5.86. The summed E-state index contributed by atoms with van der Waals surface area (Å²) in [6.07, 6.45) is 2.02. The third-order valence-corrected chi connectivity index (χ3v) is 9.82. The topological polar surface area (TPSA) is 26.3 Å². The normalized spacial score (nSPS) is 11.7. The van der Waals surface area contributed by atoms with Gasteiger partial charge in [-0.25, -0.2) is 0 Å². The zero-order valence-electron chi connectivity index (χ0n) is 27.1. The molecule has 230 valence electrons. The van der Waals surface area contributed by atoms with Crippen molar-refractivity contribution in [3.63, 3.8) is 0 Å². The number of rotatable bonds is 6. The van der Waals surface area contributed by atoms with E-state index in [9.17, 15) is 0 Å². The summed E-state index contributed by atoms with van der Waals surface area (Å²) in [5, 5.41) is 4.28. The second-order valence-corrected chi connectivity index (χ2v) is 12.7. The van der Waals surface area contributed by atoms with Gasteiger partial charge in [0.05, 0.1) is 0 Å². The maximum atomic E-state index is 6.83. The van der Waals surface area contributed by atoms with Crippen LogP contribution in [0, 0.1) is 0 Å². The molecule has 0 spiro atoms. The van der Waals surface area contributed by atoms with Gasteiger partial charge in [-0.15, -0.1) is 0 Å². The molecule has 2 nitrogen and oxygen atoms in total. The maximum absolute atomic E-state index is 6.83. The Balaban J connectivity index is 1.32. The van der Waals surface area contributed by atoms with Crippen LogP contribution in [0.1, 0.15) is 25.0 Å². The van der Waals surface area contributed by atoms with E-state index in [1.54, 1.807) is 0 Å². The molecule has 48 heavy (non-hydrogen) atoms. The minimum Gasteiger partial charge on any atom is -0.455 e. The summed E-state index contributed by atoms with van der Waals surface area (Å²) >= 11 is 0. The van der Waals surface area contributed by atoms with Crippen LogP contribution in [0.25, 0.3) is 88.4 Å². The molecule has 0 fully saturated rings. The monoisotopic (exact) mass is 618 g/mol. The fourth-order valence-corrected chi connectivity index (χ4v) is 7.11. The van der Waals surface area contributed by atoms with Gasteiger partial charge in [-0.3, -0.25) is 0 Å². The highest BCUT2D eigenvalue weighted by atomic mass is 16.3. The van der Waals surface area contributed by atoms with Crippen LogP contribution < -0.4 is 0 Å². The zero-order valence-corrected chi connectivity index (χ0v) is 27.1. The van der Waals surface area contributed by atoms with Crippen molar-refractivity contribution >= 4 is 43.9 Å². The highest BCUT2D eigenvalue weighted by Crippen LogP contribution is 2.44. The fourth-order valence-electron chi connectivity index (χ4n) is 7.11. The lowest BCUT2D eigenvalue weighted by molar-refractivity contribution is 0.665. The first-order valence-corrected chi connectivity index (χ1v) is 16.9. The molecular formula is C46H34O2. The number of hydrogen-bond acceptors (Lipinski definition) is 2. The highest BCUT2D eigenvalue weighted by Gasteiger charge is 2.20. The van der Waals surface area contributed by atoms with Gasteiger partial charge in [0, 0.05) is 32.7 Å². The molecule has 0 amide bonds. The van der Waals surface area contributed by atoms with Gasteiger partial charge in [-0.1, -0.05) is 123 Å². The summed E-state index contributed by atoms with van der Waals surface area (Å²) < 4.78 is 13.7. The molecule has 7 aromatic carbocycles. The van der Waals surface area contributed by atoms with Crippen molar-refractivity contribution in [3.05, 3.63) is 157 Å². The molecule has 0 saturated heterocycles. The van der Waals surface area contributed by atoms with Crippen LogP contribution in [0.5, 0.6) is 0 Å². The molecule has 0 aliphatic heterocycles. The summed E-state index contributed by atoms with van der Waals surface area (Å²) in [4.78, 5) is 0. The SMILES string of the molecule is CCc1ccc(-c2cc(-c3ccccc3)cc3c2oc2cc4c(cc23)oc2c(-c3ccc(CC)cc3)cc(-c3ccccc3)cc24)cc1. The van der Waals surface area contributed by atoms with Crippen molar-refractivity contribution in [2.75, 3.05) is 0 Å². The van der Waals surface area contributed by atoms with E-state index in [4.69, 9.17) is 8.83 Å². The van der Waals surface area contributed by atoms with Gasteiger partial charge in [-0.05, 0) is 93.7 Å². The molecule has 0 atom stereocenters. The molecule has 0 unspecified atom stereocenters. The van der Waals surface area contributed by atoms with E-state index >= 15 is 0 Å². The predicted octanol–water partition coefficient (Wildman–Crippen LogP) is 13.3. The molecule has 0 bridgehead atoms. The second-order valence-electron chi connectivity index (χ2n) is 12.7. The van der Waals surface area contributed by atoms with E-state index in [-0.39, 0.29) is 0 Å². The molecule has 0 N–H and O–H groups in total. The van der Waals surface area contributed by atoms with Gasteiger partial charge < -0.3 is 8.83 Å².